The van der Waals surface area contributed by atoms with E-state index in [1.807, 2.05) is 32.9 Å². The van der Waals surface area contributed by atoms with Gasteiger partial charge in [0.2, 0.25) is 0 Å². The third kappa shape index (κ3) is 4.13. The first-order chi connectivity index (χ1) is 12.5. The van der Waals surface area contributed by atoms with Crippen LogP contribution in [0.3, 0.4) is 0 Å². The number of hydrogen-bond donors (Lipinski definition) is 1. The van der Waals surface area contributed by atoms with Crippen molar-refractivity contribution in [3.05, 3.63) is 70.5 Å². The Morgan fingerprint density at radius 1 is 1.15 bits per heavy atom. The van der Waals surface area contributed by atoms with E-state index < -0.39 is 5.97 Å². The van der Waals surface area contributed by atoms with Crippen LogP contribution in [0.5, 0.6) is 5.75 Å². The Kier molecular flexibility index (Phi) is 6.56. The van der Waals surface area contributed by atoms with E-state index in [1.165, 1.54) is 12.1 Å². The molecule has 0 aromatic heterocycles. The number of rotatable bonds is 4. The highest BCUT2D eigenvalue weighted by Gasteiger charge is 2.22. The number of fused-ring (bicyclic) bond motifs is 1. The molecule has 4 heteroatoms. The summed E-state index contributed by atoms with van der Waals surface area (Å²) >= 11 is 0. The first-order valence-corrected chi connectivity index (χ1v) is 9.04. The lowest BCUT2D eigenvalue weighted by Crippen LogP contribution is -2.16. The van der Waals surface area contributed by atoms with Crippen LogP contribution in [0, 0.1) is 5.82 Å². The molecule has 1 heterocycles. The van der Waals surface area contributed by atoms with Crippen LogP contribution in [0.25, 0.3) is 5.57 Å². The van der Waals surface area contributed by atoms with Crippen molar-refractivity contribution in [3.63, 3.8) is 0 Å². The fraction of sp³-hybridized carbons (Fsp3) is 0.318. The van der Waals surface area contributed by atoms with E-state index in [4.69, 9.17) is 4.74 Å². The number of ether oxygens (including phenoxy) is 1. The summed E-state index contributed by atoms with van der Waals surface area (Å²) in [6.07, 6.45) is 3.40. The summed E-state index contributed by atoms with van der Waals surface area (Å²) in [7, 11) is 0. The number of carboxylic acid groups (broad SMARTS) is 1. The standard InChI is InChI=1S/C20H19FO3.C2H6/c1-3-4-13-5-7-15(18(21)10-13)16-9-12(2)24-19-8-6-14(20(22)23)11-17(16)19;1-2/h5-12H,3-4H2,1-2H3,(H,22,23);1-2H3. The van der Waals surface area contributed by atoms with Gasteiger partial charge in [0.25, 0.3) is 0 Å². The predicted octanol–water partition coefficient (Wildman–Crippen LogP) is 5.72. The third-order valence-electron chi connectivity index (χ3n) is 4.09. The minimum atomic E-state index is -1.02. The zero-order chi connectivity index (χ0) is 19.3. The molecule has 0 saturated carbocycles. The molecule has 2 aromatic carbocycles. The number of carboxylic acids is 1. The molecule has 0 spiro atoms. The second-order valence-electron chi connectivity index (χ2n) is 5.98. The van der Waals surface area contributed by atoms with Gasteiger partial charge in [-0.15, -0.1) is 0 Å². The van der Waals surface area contributed by atoms with E-state index >= 15 is 0 Å². The fourth-order valence-electron chi connectivity index (χ4n) is 2.99. The van der Waals surface area contributed by atoms with Crippen LogP contribution in [0.2, 0.25) is 0 Å². The van der Waals surface area contributed by atoms with Gasteiger partial charge in [-0.05, 0) is 54.8 Å². The Labute approximate surface area is 154 Å². The average Bonchev–Trinajstić information content (AvgIpc) is 2.63. The molecule has 3 nitrogen and oxygen atoms in total. The lowest BCUT2D eigenvalue weighted by atomic mass is 9.91. The largest absolute Gasteiger partial charge is 0.486 e. The number of halogens is 1. The molecule has 1 N–H and O–H groups in total. The highest BCUT2D eigenvalue weighted by atomic mass is 19.1. The van der Waals surface area contributed by atoms with Crippen molar-refractivity contribution in [2.45, 2.75) is 46.6 Å². The Hall–Kier alpha value is -2.62. The molecule has 1 aliphatic rings. The Bertz CT molecular complexity index is 824. The molecular formula is C22H25FO3. The molecule has 0 aliphatic carbocycles. The average molecular weight is 356 g/mol. The van der Waals surface area contributed by atoms with Crippen LogP contribution in [-0.2, 0) is 6.42 Å². The zero-order valence-corrected chi connectivity index (χ0v) is 15.7. The first-order valence-electron chi connectivity index (χ1n) is 9.04. The van der Waals surface area contributed by atoms with Gasteiger partial charge in [0, 0.05) is 11.1 Å². The summed E-state index contributed by atoms with van der Waals surface area (Å²) in [5.74, 6) is -0.746. The summed E-state index contributed by atoms with van der Waals surface area (Å²) in [6, 6.07) is 9.91. The second kappa shape index (κ2) is 8.65. The van der Waals surface area contributed by atoms with E-state index in [1.54, 1.807) is 18.2 Å². The molecule has 0 bridgehead atoms. The zero-order valence-electron chi connectivity index (χ0n) is 15.7. The highest BCUT2D eigenvalue weighted by molar-refractivity contribution is 5.92. The normalized spacial score (nSPS) is 15.1. The van der Waals surface area contributed by atoms with Gasteiger partial charge in [0.15, 0.2) is 0 Å². The van der Waals surface area contributed by atoms with E-state index in [9.17, 15) is 14.3 Å². The molecule has 26 heavy (non-hydrogen) atoms. The predicted molar refractivity (Wildman–Crippen MR) is 102 cm³/mol. The maximum Gasteiger partial charge on any atom is 0.335 e. The Morgan fingerprint density at radius 2 is 1.88 bits per heavy atom. The minimum absolute atomic E-state index is 0.154. The van der Waals surface area contributed by atoms with Crippen molar-refractivity contribution < 1.29 is 19.0 Å². The fourth-order valence-corrected chi connectivity index (χ4v) is 2.99. The molecule has 0 radical (unpaired) electrons. The van der Waals surface area contributed by atoms with E-state index in [0.717, 1.165) is 18.4 Å². The van der Waals surface area contributed by atoms with Gasteiger partial charge in [0.1, 0.15) is 17.7 Å². The molecule has 0 saturated heterocycles. The second-order valence-corrected chi connectivity index (χ2v) is 5.98. The number of aryl methyl sites for hydroxylation is 1. The van der Waals surface area contributed by atoms with Gasteiger partial charge in [-0.3, -0.25) is 0 Å². The summed E-state index contributed by atoms with van der Waals surface area (Å²) < 4.78 is 20.4. The van der Waals surface area contributed by atoms with Gasteiger partial charge in [0.05, 0.1) is 5.56 Å². The number of aromatic carboxylic acids is 1. The summed E-state index contributed by atoms with van der Waals surface area (Å²) in [6.45, 7) is 7.93. The molecular weight excluding hydrogens is 331 g/mol. The maximum absolute atomic E-state index is 14.6. The van der Waals surface area contributed by atoms with E-state index in [2.05, 4.69) is 6.92 Å². The van der Waals surface area contributed by atoms with Crippen LogP contribution in [0.1, 0.15) is 61.2 Å². The van der Waals surface area contributed by atoms with Crippen LogP contribution < -0.4 is 4.74 Å². The van der Waals surface area contributed by atoms with Crippen molar-refractivity contribution in [1.82, 2.24) is 0 Å². The third-order valence-corrected chi connectivity index (χ3v) is 4.09. The molecule has 1 aliphatic heterocycles. The number of benzene rings is 2. The molecule has 1 unspecified atom stereocenters. The van der Waals surface area contributed by atoms with E-state index in [-0.39, 0.29) is 17.5 Å². The Morgan fingerprint density at radius 3 is 2.50 bits per heavy atom. The molecule has 3 rings (SSSR count). The summed E-state index contributed by atoms with van der Waals surface area (Å²) in [5, 5.41) is 9.21. The molecule has 0 amide bonds. The molecule has 2 aromatic rings. The van der Waals surface area contributed by atoms with Crippen molar-refractivity contribution in [2.75, 3.05) is 0 Å². The first kappa shape index (κ1) is 19.7. The van der Waals surface area contributed by atoms with Gasteiger partial charge in [-0.2, -0.15) is 0 Å². The van der Waals surface area contributed by atoms with Crippen LogP contribution in [-0.4, -0.2) is 17.2 Å². The maximum atomic E-state index is 14.6. The quantitative estimate of drug-likeness (QED) is 0.762. The highest BCUT2D eigenvalue weighted by Crippen LogP contribution is 2.37. The molecule has 138 valence electrons. The summed E-state index contributed by atoms with van der Waals surface area (Å²) in [4.78, 5) is 11.2. The van der Waals surface area contributed by atoms with Gasteiger partial charge in [-0.1, -0.05) is 39.3 Å². The van der Waals surface area contributed by atoms with Crippen LogP contribution >= 0.6 is 0 Å². The molecule has 1 atom stereocenters. The van der Waals surface area contributed by atoms with Crippen molar-refractivity contribution in [3.8, 4) is 5.75 Å². The monoisotopic (exact) mass is 356 g/mol. The van der Waals surface area contributed by atoms with Crippen LogP contribution in [0.15, 0.2) is 42.5 Å². The SMILES string of the molecule is CC.CCCc1ccc(C2=CC(C)Oc3ccc(C(=O)O)cc32)c(F)c1. The lowest BCUT2D eigenvalue weighted by molar-refractivity contribution is 0.0697. The van der Waals surface area contributed by atoms with Crippen LogP contribution in [0.4, 0.5) is 4.39 Å². The summed E-state index contributed by atoms with van der Waals surface area (Å²) in [5.41, 5.74) is 2.86. The van der Waals surface area contributed by atoms with Crippen molar-refractivity contribution >= 4 is 11.5 Å². The van der Waals surface area contributed by atoms with Crippen molar-refractivity contribution in [2.24, 2.45) is 0 Å². The Balaban J connectivity index is 0.00000117. The van der Waals surface area contributed by atoms with Crippen molar-refractivity contribution in [1.29, 1.82) is 0 Å². The smallest absolute Gasteiger partial charge is 0.335 e. The minimum Gasteiger partial charge on any atom is -0.486 e. The molecule has 0 fully saturated rings. The van der Waals surface area contributed by atoms with Gasteiger partial charge in [-0.25, -0.2) is 9.18 Å². The number of carbonyl (C=O) groups is 1. The topological polar surface area (TPSA) is 46.5 Å². The number of hydrogen-bond acceptors (Lipinski definition) is 2. The lowest BCUT2D eigenvalue weighted by Gasteiger charge is -2.24. The van der Waals surface area contributed by atoms with Gasteiger partial charge < -0.3 is 9.84 Å². The van der Waals surface area contributed by atoms with E-state index in [0.29, 0.717) is 22.4 Å². The van der Waals surface area contributed by atoms with Gasteiger partial charge >= 0.3 is 5.97 Å².